The molecule has 0 fully saturated rings. The molecule has 3 aromatic heterocycles. The van der Waals surface area contributed by atoms with Gasteiger partial charge in [0.25, 0.3) is 11.1 Å². The van der Waals surface area contributed by atoms with Crippen LogP contribution in [-0.4, -0.2) is 19.7 Å². The minimum atomic E-state index is -4.74. The Kier molecular flexibility index (Phi) is 9.23. The standard InChI is InChI=1S/C20H17ClF4N2O.C5H4F3N3O/c1-2-3-4-6-27-7-5-12-8-15(17(22)10-14(12)19(27)28)18-16(21)9-13(11-26-18)20(23,24)25;6-5(7,8)3-2(9)1-10-11-4(3)12/h5,7-11H,2-4,6H2,1H3;1H,(H3,9,11,12). The lowest BCUT2D eigenvalue weighted by Crippen LogP contribution is -2.24. The minimum absolute atomic E-state index is 0.0608. The predicted octanol–water partition coefficient (Wildman–Crippen LogP) is 6.44. The van der Waals surface area contributed by atoms with Gasteiger partial charge >= 0.3 is 12.4 Å². The summed E-state index contributed by atoms with van der Waals surface area (Å²) in [6.07, 6.45) is -3.52. The first-order valence-electron chi connectivity index (χ1n) is 11.6. The number of hydrogen-bond acceptors (Lipinski definition) is 5. The first kappa shape index (κ1) is 30.6. The highest BCUT2D eigenvalue weighted by molar-refractivity contribution is 6.33. The molecule has 0 bridgehead atoms. The molecule has 0 aliphatic carbocycles. The van der Waals surface area contributed by atoms with Crippen LogP contribution in [0, 0.1) is 5.82 Å². The van der Waals surface area contributed by atoms with E-state index >= 15 is 0 Å². The van der Waals surface area contributed by atoms with Gasteiger partial charge in [0, 0.05) is 24.5 Å². The quantitative estimate of drug-likeness (QED) is 0.205. The van der Waals surface area contributed by atoms with Crippen molar-refractivity contribution < 1.29 is 30.7 Å². The number of aromatic nitrogens is 4. The molecule has 0 saturated carbocycles. The van der Waals surface area contributed by atoms with Gasteiger partial charge in [-0.25, -0.2) is 9.49 Å². The number of nitrogens with zero attached hydrogens (tertiary/aromatic N) is 3. The van der Waals surface area contributed by atoms with E-state index in [0.717, 1.165) is 31.5 Å². The van der Waals surface area contributed by atoms with Crippen molar-refractivity contribution in [2.75, 3.05) is 5.73 Å². The molecule has 3 N–H and O–H groups in total. The number of nitrogens with two attached hydrogens (primary N) is 1. The van der Waals surface area contributed by atoms with E-state index in [1.165, 1.54) is 10.6 Å². The van der Waals surface area contributed by atoms with Gasteiger partial charge < -0.3 is 10.3 Å². The van der Waals surface area contributed by atoms with Crippen LogP contribution < -0.4 is 16.9 Å². The minimum Gasteiger partial charge on any atom is -0.397 e. The Bertz CT molecular complexity index is 1630. The van der Waals surface area contributed by atoms with Gasteiger partial charge in [0.15, 0.2) is 0 Å². The smallest absolute Gasteiger partial charge is 0.397 e. The number of H-pyrrole nitrogens is 1. The predicted molar refractivity (Wildman–Crippen MR) is 135 cm³/mol. The Morgan fingerprint density at radius 1 is 1.02 bits per heavy atom. The second-order valence-corrected chi connectivity index (χ2v) is 8.93. The Morgan fingerprint density at radius 3 is 2.27 bits per heavy atom. The van der Waals surface area contributed by atoms with Gasteiger partial charge in [0.2, 0.25) is 0 Å². The molecule has 40 heavy (non-hydrogen) atoms. The number of aromatic amines is 1. The van der Waals surface area contributed by atoms with Crippen molar-refractivity contribution in [1.82, 2.24) is 19.7 Å². The molecule has 0 radical (unpaired) electrons. The van der Waals surface area contributed by atoms with Crippen molar-refractivity contribution in [3.05, 3.63) is 85.5 Å². The van der Waals surface area contributed by atoms with Gasteiger partial charge in [-0.15, -0.1) is 0 Å². The third kappa shape index (κ3) is 6.97. The number of benzene rings is 1. The van der Waals surface area contributed by atoms with E-state index in [4.69, 9.17) is 17.3 Å². The summed E-state index contributed by atoms with van der Waals surface area (Å²) in [5, 5.41) is 5.08. The molecule has 4 aromatic rings. The molecule has 0 spiro atoms. The van der Waals surface area contributed by atoms with Crippen molar-refractivity contribution in [2.45, 2.75) is 45.1 Å². The second-order valence-electron chi connectivity index (χ2n) is 8.52. The lowest BCUT2D eigenvalue weighted by molar-refractivity contribution is -0.138. The normalized spacial score (nSPS) is 11.8. The van der Waals surface area contributed by atoms with Crippen LogP contribution in [0.3, 0.4) is 0 Å². The molecule has 4 rings (SSSR count). The third-order valence-corrected chi connectivity index (χ3v) is 5.95. The summed E-state index contributed by atoms with van der Waals surface area (Å²) < 4.78 is 90.5. The number of anilines is 1. The largest absolute Gasteiger partial charge is 0.423 e. The monoisotopic (exact) mass is 591 g/mol. The van der Waals surface area contributed by atoms with Crippen molar-refractivity contribution >= 4 is 28.1 Å². The van der Waals surface area contributed by atoms with Crippen LogP contribution >= 0.6 is 11.6 Å². The number of fused-ring (bicyclic) bond motifs is 1. The Morgan fingerprint density at radius 2 is 1.73 bits per heavy atom. The molecule has 0 saturated heterocycles. The topological polar surface area (TPSA) is 107 Å². The number of unbranched alkanes of at least 4 members (excludes halogenated alkanes) is 2. The fraction of sp³-hybridized carbons (Fsp3) is 0.280. The summed E-state index contributed by atoms with van der Waals surface area (Å²) in [5.41, 5.74) is -0.00725. The lowest BCUT2D eigenvalue weighted by Gasteiger charge is -2.11. The molecular weight excluding hydrogens is 571 g/mol. The maximum absolute atomic E-state index is 14.7. The molecule has 0 atom stereocenters. The Balaban J connectivity index is 0.000000307. The number of alkyl halides is 6. The molecule has 0 amide bonds. The van der Waals surface area contributed by atoms with E-state index in [1.54, 1.807) is 17.4 Å². The van der Waals surface area contributed by atoms with Crippen LogP contribution in [0.5, 0.6) is 0 Å². The van der Waals surface area contributed by atoms with Crippen LogP contribution in [0.2, 0.25) is 5.02 Å². The zero-order chi connectivity index (χ0) is 29.8. The van der Waals surface area contributed by atoms with Gasteiger partial charge in [0.1, 0.15) is 11.4 Å². The van der Waals surface area contributed by atoms with E-state index in [9.17, 15) is 40.3 Å². The van der Waals surface area contributed by atoms with E-state index in [1.807, 2.05) is 0 Å². The maximum atomic E-state index is 14.7. The van der Waals surface area contributed by atoms with Crippen molar-refractivity contribution in [2.24, 2.45) is 0 Å². The molecule has 7 nitrogen and oxygen atoms in total. The van der Waals surface area contributed by atoms with Crippen LogP contribution in [0.1, 0.15) is 37.3 Å². The number of nitrogen functional groups attached to an aromatic ring is 1. The second kappa shape index (κ2) is 12.1. The Labute approximate surface area is 226 Å². The summed E-state index contributed by atoms with van der Waals surface area (Å²) in [5.74, 6) is -0.773. The fourth-order valence-electron chi connectivity index (χ4n) is 3.69. The molecule has 0 aliphatic heterocycles. The number of hydrogen-bond donors (Lipinski definition) is 2. The summed E-state index contributed by atoms with van der Waals surface area (Å²) in [7, 11) is 0. The molecule has 214 valence electrons. The van der Waals surface area contributed by atoms with Gasteiger partial charge in [-0.1, -0.05) is 31.4 Å². The van der Waals surface area contributed by atoms with E-state index in [0.29, 0.717) is 24.2 Å². The Hall–Kier alpha value is -3.94. The molecule has 0 aliphatic rings. The SMILES string of the molecule is CCCCCn1ccc2cc(-c3ncc(C(F)(F)F)cc3Cl)c(F)cc2c1=O.Nc1cn[nH]c(=O)c1C(F)(F)F. The zero-order valence-corrected chi connectivity index (χ0v) is 21.4. The van der Waals surface area contributed by atoms with Crippen molar-refractivity contribution in [3.8, 4) is 11.3 Å². The first-order valence-corrected chi connectivity index (χ1v) is 12.0. The van der Waals surface area contributed by atoms with Gasteiger partial charge in [-0.2, -0.15) is 31.4 Å². The number of rotatable bonds is 5. The summed E-state index contributed by atoms with van der Waals surface area (Å²) in [6, 6.07) is 4.84. The molecule has 0 unspecified atom stereocenters. The number of pyridine rings is 2. The number of nitrogens with one attached hydrogen (secondary N) is 1. The first-order chi connectivity index (χ1) is 18.6. The van der Waals surface area contributed by atoms with Crippen molar-refractivity contribution in [3.63, 3.8) is 0 Å². The average Bonchev–Trinajstić information content (AvgIpc) is 2.85. The zero-order valence-electron chi connectivity index (χ0n) is 20.6. The molecule has 1 aromatic carbocycles. The summed E-state index contributed by atoms with van der Waals surface area (Å²) in [4.78, 5) is 26.8. The molecule has 3 heterocycles. The van der Waals surface area contributed by atoms with Crippen molar-refractivity contribution in [1.29, 1.82) is 0 Å². The van der Waals surface area contributed by atoms with Crippen LogP contribution in [0.15, 0.2) is 52.4 Å². The van der Waals surface area contributed by atoms with Crippen LogP contribution in [-0.2, 0) is 18.9 Å². The van der Waals surface area contributed by atoms with Gasteiger partial charge in [-0.05, 0) is 36.1 Å². The van der Waals surface area contributed by atoms with Crippen LogP contribution in [0.25, 0.3) is 22.0 Å². The van der Waals surface area contributed by atoms with E-state index < -0.39 is 40.5 Å². The number of aryl methyl sites for hydroxylation is 1. The van der Waals surface area contributed by atoms with Gasteiger partial charge in [0.05, 0.1) is 33.6 Å². The van der Waals surface area contributed by atoms with E-state index in [-0.39, 0.29) is 27.2 Å². The van der Waals surface area contributed by atoms with E-state index in [2.05, 4.69) is 17.0 Å². The molecular formula is C25H21ClF7N5O2. The third-order valence-electron chi connectivity index (χ3n) is 5.66. The highest BCUT2D eigenvalue weighted by atomic mass is 35.5. The average molecular weight is 592 g/mol. The fourth-order valence-corrected chi connectivity index (χ4v) is 3.96. The highest BCUT2D eigenvalue weighted by Gasteiger charge is 2.36. The van der Waals surface area contributed by atoms with Crippen LogP contribution in [0.4, 0.5) is 36.4 Å². The summed E-state index contributed by atoms with van der Waals surface area (Å²) >= 11 is 5.93. The maximum Gasteiger partial charge on any atom is 0.423 e. The lowest BCUT2D eigenvalue weighted by atomic mass is 10.0. The highest BCUT2D eigenvalue weighted by Crippen LogP contribution is 2.35. The van der Waals surface area contributed by atoms with Gasteiger partial charge in [-0.3, -0.25) is 14.6 Å². The summed E-state index contributed by atoms with van der Waals surface area (Å²) in [6.45, 7) is 2.60. The number of halogens is 8. The molecule has 15 heteroatoms.